The molecule has 3 atom stereocenters. The molecule has 1 aliphatic rings. The molecule has 1 aliphatic heterocycles. The largest absolute Gasteiger partial charge is 0.472 e. The quantitative estimate of drug-likeness (QED) is 0.757. The van der Waals surface area contributed by atoms with Crippen LogP contribution in [0.25, 0.3) is 0 Å². The molecule has 1 aromatic heterocycles. The van der Waals surface area contributed by atoms with E-state index >= 15 is 0 Å². The summed E-state index contributed by atoms with van der Waals surface area (Å²) in [6.07, 6.45) is 3.79. The maximum Gasteiger partial charge on any atom is 0.0960 e. The van der Waals surface area contributed by atoms with E-state index in [0.29, 0.717) is 0 Å². The maximum absolute atomic E-state index is 9.94. The first-order chi connectivity index (χ1) is 6.29. The molecule has 1 fully saturated rings. The van der Waals surface area contributed by atoms with E-state index in [1.807, 2.05) is 6.92 Å². The van der Waals surface area contributed by atoms with Crippen LogP contribution >= 0.6 is 0 Å². The smallest absolute Gasteiger partial charge is 0.0960 e. The summed E-state index contributed by atoms with van der Waals surface area (Å²) in [5.41, 5.74) is 0.849. The van der Waals surface area contributed by atoms with Crippen LogP contribution in [0.2, 0.25) is 0 Å². The first-order valence-corrected chi connectivity index (χ1v) is 4.61. The van der Waals surface area contributed by atoms with Gasteiger partial charge in [-0.05, 0) is 19.4 Å². The van der Waals surface area contributed by atoms with Crippen molar-refractivity contribution in [2.24, 2.45) is 5.92 Å². The number of furan rings is 1. The highest BCUT2D eigenvalue weighted by atomic mass is 16.5. The monoisotopic (exact) mass is 182 g/mol. The Hall–Kier alpha value is -0.800. The minimum atomic E-state index is -0.448. The zero-order valence-electron chi connectivity index (χ0n) is 7.64. The normalized spacial score (nSPS) is 30.6. The minimum absolute atomic E-state index is 0.143. The molecule has 0 bridgehead atoms. The highest BCUT2D eigenvalue weighted by molar-refractivity contribution is 5.11. The first kappa shape index (κ1) is 8.78. The molecule has 1 aromatic rings. The first-order valence-electron chi connectivity index (χ1n) is 4.61. The van der Waals surface area contributed by atoms with Crippen LogP contribution in [0.3, 0.4) is 0 Å². The fraction of sp³-hybridized carbons (Fsp3) is 0.600. The van der Waals surface area contributed by atoms with Gasteiger partial charge < -0.3 is 14.3 Å². The van der Waals surface area contributed by atoms with E-state index in [1.54, 1.807) is 18.6 Å². The van der Waals surface area contributed by atoms with Gasteiger partial charge in [-0.2, -0.15) is 0 Å². The number of aliphatic hydroxyl groups excluding tert-OH is 1. The Morgan fingerprint density at radius 2 is 2.46 bits per heavy atom. The van der Waals surface area contributed by atoms with Gasteiger partial charge >= 0.3 is 0 Å². The van der Waals surface area contributed by atoms with Crippen molar-refractivity contribution in [2.45, 2.75) is 25.6 Å². The molecule has 3 unspecified atom stereocenters. The Bertz CT molecular complexity index is 255. The van der Waals surface area contributed by atoms with E-state index in [0.717, 1.165) is 18.6 Å². The van der Waals surface area contributed by atoms with Crippen LogP contribution in [0.15, 0.2) is 23.0 Å². The predicted molar refractivity (Wildman–Crippen MR) is 47.2 cm³/mol. The molecular formula is C10H14O3. The average molecular weight is 182 g/mol. The molecule has 3 heteroatoms. The molecule has 2 heterocycles. The second-order valence-electron chi connectivity index (χ2n) is 3.53. The fourth-order valence-corrected chi connectivity index (χ4v) is 1.85. The lowest BCUT2D eigenvalue weighted by molar-refractivity contribution is 0.0429. The molecule has 3 nitrogen and oxygen atoms in total. The number of hydrogen-bond acceptors (Lipinski definition) is 3. The van der Waals surface area contributed by atoms with Crippen LogP contribution in [0.4, 0.5) is 0 Å². The number of aliphatic hydroxyl groups is 1. The van der Waals surface area contributed by atoms with Crippen LogP contribution in [0.5, 0.6) is 0 Å². The molecule has 1 saturated heterocycles. The van der Waals surface area contributed by atoms with Gasteiger partial charge in [0.1, 0.15) is 0 Å². The van der Waals surface area contributed by atoms with Crippen LogP contribution in [0.1, 0.15) is 25.0 Å². The molecule has 1 N–H and O–H groups in total. The summed E-state index contributed by atoms with van der Waals surface area (Å²) in [4.78, 5) is 0. The van der Waals surface area contributed by atoms with E-state index in [4.69, 9.17) is 9.15 Å². The van der Waals surface area contributed by atoms with E-state index in [2.05, 4.69) is 0 Å². The third-order valence-corrected chi connectivity index (χ3v) is 2.73. The van der Waals surface area contributed by atoms with Crippen LogP contribution in [0, 0.1) is 5.92 Å². The van der Waals surface area contributed by atoms with Crippen molar-refractivity contribution < 1.29 is 14.3 Å². The highest BCUT2D eigenvalue weighted by Gasteiger charge is 2.31. The van der Waals surface area contributed by atoms with E-state index in [1.165, 1.54) is 0 Å². The number of ether oxygens (including phenoxy) is 1. The summed E-state index contributed by atoms with van der Waals surface area (Å²) in [7, 11) is 0. The van der Waals surface area contributed by atoms with Crippen molar-refractivity contribution in [1.82, 2.24) is 0 Å². The van der Waals surface area contributed by atoms with Crippen molar-refractivity contribution in [1.29, 1.82) is 0 Å². The van der Waals surface area contributed by atoms with Crippen molar-refractivity contribution in [3.63, 3.8) is 0 Å². The maximum atomic E-state index is 9.94. The van der Waals surface area contributed by atoms with Gasteiger partial charge in [-0.3, -0.25) is 0 Å². The van der Waals surface area contributed by atoms with Crippen LogP contribution in [-0.4, -0.2) is 17.8 Å². The third-order valence-electron chi connectivity index (χ3n) is 2.73. The van der Waals surface area contributed by atoms with Gasteiger partial charge in [0.05, 0.1) is 24.7 Å². The number of hydrogen-bond donors (Lipinski definition) is 1. The Morgan fingerprint density at radius 3 is 3.00 bits per heavy atom. The highest BCUT2D eigenvalue weighted by Crippen LogP contribution is 2.33. The van der Waals surface area contributed by atoms with Crippen molar-refractivity contribution in [3.8, 4) is 0 Å². The lowest BCUT2D eigenvalue weighted by atomic mass is 9.92. The number of rotatable bonds is 2. The predicted octanol–water partition coefficient (Wildman–Crippen LogP) is 1.74. The standard InChI is InChI=1S/C10H14O3/c1-7-9(3-5-13-7)10(11)8-2-4-12-6-8/h2,4,6-7,9-11H,3,5H2,1H3. The summed E-state index contributed by atoms with van der Waals surface area (Å²) in [5.74, 6) is 0.206. The lowest BCUT2D eigenvalue weighted by Gasteiger charge is -2.19. The Balaban J connectivity index is 2.08. The van der Waals surface area contributed by atoms with Gasteiger partial charge in [0.15, 0.2) is 0 Å². The van der Waals surface area contributed by atoms with E-state index in [-0.39, 0.29) is 12.0 Å². The Morgan fingerprint density at radius 1 is 1.62 bits per heavy atom. The summed E-state index contributed by atoms with van der Waals surface area (Å²) < 4.78 is 10.3. The Labute approximate surface area is 77.3 Å². The third kappa shape index (κ3) is 1.62. The van der Waals surface area contributed by atoms with Gasteiger partial charge in [-0.25, -0.2) is 0 Å². The topological polar surface area (TPSA) is 42.6 Å². The van der Waals surface area contributed by atoms with Crippen molar-refractivity contribution in [2.75, 3.05) is 6.61 Å². The van der Waals surface area contributed by atoms with Gasteiger partial charge in [-0.1, -0.05) is 0 Å². The van der Waals surface area contributed by atoms with Crippen molar-refractivity contribution >= 4 is 0 Å². The van der Waals surface area contributed by atoms with Gasteiger partial charge in [0, 0.05) is 18.1 Å². The zero-order valence-corrected chi connectivity index (χ0v) is 7.64. The van der Waals surface area contributed by atoms with E-state index in [9.17, 15) is 5.11 Å². The van der Waals surface area contributed by atoms with Gasteiger partial charge in [0.25, 0.3) is 0 Å². The Kier molecular flexibility index (Phi) is 2.38. The summed E-state index contributed by atoms with van der Waals surface area (Å²) >= 11 is 0. The molecule has 0 spiro atoms. The zero-order chi connectivity index (χ0) is 9.26. The fourth-order valence-electron chi connectivity index (χ4n) is 1.85. The van der Waals surface area contributed by atoms with Crippen LogP contribution in [-0.2, 0) is 4.74 Å². The lowest BCUT2D eigenvalue weighted by Crippen LogP contribution is -2.19. The minimum Gasteiger partial charge on any atom is -0.472 e. The van der Waals surface area contributed by atoms with E-state index < -0.39 is 6.10 Å². The molecule has 0 aliphatic carbocycles. The van der Waals surface area contributed by atoms with Crippen LogP contribution < -0.4 is 0 Å². The molecular weight excluding hydrogens is 168 g/mol. The molecule has 0 saturated carbocycles. The molecule has 0 aromatic carbocycles. The van der Waals surface area contributed by atoms with Gasteiger partial charge in [-0.15, -0.1) is 0 Å². The van der Waals surface area contributed by atoms with Gasteiger partial charge in [0.2, 0.25) is 0 Å². The van der Waals surface area contributed by atoms with Crippen molar-refractivity contribution in [3.05, 3.63) is 24.2 Å². The summed E-state index contributed by atoms with van der Waals surface area (Å²) in [6.45, 7) is 2.75. The molecule has 0 radical (unpaired) electrons. The SMILES string of the molecule is CC1OCCC1C(O)c1ccoc1. The molecule has 13 heavy (non-hydrogen) atoms. The second kappa shape index (κ2) is 3.52. The summed E-state index contributed by atoms with van der Waals surface area (Å²) in [6, 6.07) is 1.80. The summed E-state index contributed by atoms with van der Waals surface area (Å²) in [5, 5.41) is 9.94. The average Bonchev–Trinajstić information content (AvgIpc) is 2.72. The molecule has 72 valence electrons. The molecule has 2 rings (SSSR count). The second-order valence-corrected chi connectivity index (χ2v) is 3.53. The molecule has 0 amide bonds.